The topological polar surface area (TPSA) is 92.7 Å². The van der Waals surface area contributed by atoms with Crippen molar-refractivity contribution in [3.8, 4) is 11.3 Å². The molecule has 1 aliphatic rings. The molecule has 0 saturated carbocycles. The van der Waals surface area contributed by atoms with E-state index in [9.17, 15) is 9.59 Å². The van der Waals surface area contributed by atoms with Gasteiger partial charge in [-0.15, -0.1) is 0 Å². The van der Waals surface area contributed by atoms with Crippen LogP contribution in [0.2, 0.25) is 0 Å². The highest BCUT2D eigenvalue weighted by Gasteiger charge is 2.27. The Labute approximate surface area is 133 Å². The third-order valence-electron chi connectivity index (χ3n) is 3.84. The van der Waals surface area contributed by atoms with E-state index in [-0.39, 0.29) is 18.4 Å². The molecule has 1 fully saturated rings. The molecule has 23 heavy (non-hydrogen) atoms. The molecule has 1 aliphatic heterocycles. The SMILES string of the molecule is NC(=O)CN1CCN(C(=O)c2ncoc2-c2ccccc2)CC1. The Bertz CT molecular complexity index is 690. The summed E-state index contributed by atoms with van der Waals surface area (Å²) < 4.78 is 5.41. The molecular weight excluding hydrogens is 296 g/mol. The van der Waals surface area contributed by atoms with Crippen LogP contribution in [0.1, 0.15) is 10.5 Å². The second kappa shape index (κ2) is 6.62. The number of nitrogens with zero attached hydrogens (tertiary/aromatic N) is 3. The van der Waals surface area contributed by atoms with Crippen LogP contribution in [-0.4, -0.2) is 59.3 Å². The normalized spacial score (nSPS) is 15.6. The van der Waals surface area contributed by atoms with E-state index in [4.69, 9.17) is 10.2 Å². The average Bonchev–Trinajstić information content (AvgIpc) is 3.05. The molecule has 0 radical (unpaired) electrons. The smallest absolute Gasteiger partial charge is 0.276 e. The summed E-state index contributed by atoms with van der Waals surface area (Å²) in [7, 11) is 0. The first-order valence-corrected chi connectivity index (χ1v) is 7.44. The van der Waals surface area contributed by atoms with Crippen molar-refractivity contribution in [3.63, 3.8) is 0 Å². The number of benzene rings is 1. The van der Waals surface area contributed by atoms with Crippen LogP contribution in [0.5, 0.6) is 0 Å². The lowest BCUT2D eigenvalue weighted by molar-refractivity contribution is -0.119. The molecule has 2 aromatic rings. The van der Waals surface area contributed by atoms with Crippen LogP contribution >= 0.6 is 0 Å². The lowest BCUT2D eigenvalue weighted by Crippen LogP contribution is -2.50. The number of carbonyl (C=O) groups excluding carboxylic acids is 2. The first-order chi connectivity index (χ1) is 11.1. The second-order valence-electron chi connectivity index (χ2n) is 5.43. The fourth-order valence-electron chi connectivity index (χ4n) is 2.67. The molecule has 2 N–H and O–H groups in total. The molecule has 3 rings (SSSR count). The van der Waals surface area contributed by atoms with Crippen LogP contribution in [0.25, 0.3) is 11.3 Å². The van der Waals surface area contributed by atoms with Gasteiger partial charge in [0.05, 0.1) is 6.54 Å². The number of aromatic nitrogens is 1. The van der Waals surface area contributed by atoms with Crippen molar-refractivity contribution in [2.75, 3.05) is 32.7 Å². The number of hydrogen-bond acceptors (Lipinski definition) is 5. The first-order valence-electron chi connectivity index (χ1n) is 7.44. The predicted octanol–water partition coefficient (Wildman–Crippen LogP) is 0.585. The van der Waals surface area contributed by atoms with Crippen molar-refractivity contribution in [2.24, 2.45) is 5.73 Å². The standard InChI is InChI=1S/C16H18N4O3/c17-13(21)10-19-6-8-20(9-7-19)16(22)14-15(23-11-18-14)12-4-2-1-3-5-12/h1-5,11H,6-10H2,(H2,17,21). The zero-order valence-corrected chi connectivity index (χ0v) is 12.6. The van der Waals surface area contributed by atoms with Gasteiger partial charge in [0.1, 0.15) is 0 Å². The summed E-state index contributed by atoms with van der Waals surface area (Å²) in [6, 6.07) is 9.42. The molecule has 0 bridgehead atoms. The number of carbonyl (C=O) groups is 2. The summed E-state index contributed by atoms with van der Waals surface area (Å²) in [5.41, 5.74) is 6.33. The number of piperazine rings is 1. The van der Waals surface area contributed by atoms with Gasteiger partial charge in [-0.2, -0.15) is 0 Å². The van der Waals surface area contributed by atoms with Gasteiger partial charge in [-0.25, -0.2) is 4.98 Å². The van der Waals surface area contributed by atoms with Crippen molar-refractivity contribution in [3.05, 3.63) is 42.4 Å². The van der Waals surface area contributed by atoms with Crippen LogP contribution in [0, 0.1) is 0 Å². The zero-order chi connectivity index (χ0) is 16.2. The number of hydrogen-bond donors (Lipinski definition) is 1. The van der Waals surface area contributed by atoms with Crippen LogP contribution in [0.4, 0.5) is 0 Å². The fraction of sp³-hybridized carbons (Fsp3) is 0.312. The minimum absolute atomic E-state index is 0.156. The summed E-state index contributed by atoms with van der Waals surface area (Å²) >= 11 is 0. The summed E-state index contributed by atoms with van der Waals surface area (Å²) in [6.07, 6.45) is 1.29. The molecule has 120 valence electrons. The molecule has 1 aromatic carbocycles. The molecule has 0 aliphatic carbocycles. The number of nitrogens with two attached hydrogens (primary N) is 1. The summed E-state index contributed by atoms with van der Waals surface area (Å²) in [4.78, 5) is 31.4. The largest absolute Gasteiger partial charge is 0.443 e. The Balaban J connectivity index is 1.71. The van der Waals surface area contributed by atoms with Gasteiger partial charge in [-0.3, -0.25) is 14.5 Å². The molecule has 2 heterocycles. The molecule has 1 aromatic heterocycles. The van der Waals surface area contributed by atoms with Gasteiger partial charge in [0, 0.05) is 31.7 Å². The van der Waals surface area contributed by atoms with Crippen LogP contribution in [0.15, 0.2) is 41.1 Å². The average molecular weight is 314 g/mol. The Hall–Kier alpha value is -2.67. The maximum atomic E-state index is 12.7. The molecule has 0 unspecified atom stereocenters. The third kappa shape index (κ3) is 3.40. The van der Waals surface area contributed by atoms with Gasteiger partial charge in [0.25, 0.3) is 5.91 Å². The number of primary amides is 1. The van der Waals surface area contributed by atoms with Crippen LogP contribution in [0.3, 0.4) is 0 Å². The fourth-order valence-corrected chi connectivity index (χ4v) is 2.67. The molecule has 1 saturated heterocycles. The zero-order valence-electron chi connectivity index (χ0n) is 12.6. The van der Waals surface area contributed by atoms with Gasteiger partial charge in [-0.1, -0.05) is 30.3 Å². The highest BCUT2D eigenvalue weighted by molar-refractivity contribution is 5.97. The molecule has 7 heteroatoms. The van der Waals surface area contributed by atoms with E-state index in [1.54, 1.807) is 4.90 Å². The highest BCUT2D eigenvalue weighted by atomic mass is 16.3. The van der Waals surface area contributed by atoms with Crippen molar-refractivity contribution >= 4 is 11.8 Å². The van der Waals surface area contributed by atoms with E-state index in [2.05, 4.69) is 4.98 Å². The summed E-state index contributed by atoms with van der Waals surface area (Å²) in [6.45, 7) is 2.53. The van der Waals surface area contributed by atoms with Crippen molar-refractivity contribution in [2.45, 2.75) is 0 Å². The van der Waals surface area contributed by atoms with E-state index in [0.717, 1.165) is 5.56 Å². The minimum atomic E-state index is -0.354. The molecule has 2 amide bonds. The van der Waals surface area contributed by atoms with Crippen molar-refractivity contribution < 1.29 is 14.0 Å². The van der Waals surface area contributed by atoms with E-state index >= 15 is 0 Å². The summed E-state index contributed by atoms with van der Waals surface area (Å²) in [5.74, 6) is -0.0286. The summed E-state index contributed by atoms with van der Waals surface area (Å²) in [5, 5.41) is 0. The maximum Gasteiger partial charge on any atom is 0.276 e. The maximum absolute atomic E-state index is 12.7. The lowest BCUT2D eigenvalue weighted by atomic mass is 10.1. The Morgan fingerprint density at radius 1 is 1.13 bits per heavy atom. The quantitative estimate of drug-likeness (QED) is 0.891. The third-order valence-corrected chi connectivity index (χ3v) is 3.84. The molecule has 7 nitrogen and oxygen atoms in total. The molecule has 0 atom stereocenters. The molecular formula is C16H18N4O3. The lowest BCUT2D eigenvalue weighted by Gasteiger charge is -2.33. The first kappa shape index (κ1) is 15.2. The van der Waals surface area contributed by atoms with Crippen molar-refractivity contribution in [1.82, 2.24) is 14.8 Å². The van der Waals surface area contributed by atoms with Gasteiger partial charge in [0.15, 0.2) is 17.8 Å². The van der Waals surface area contributed by atoms with Gasteiger partial charge in [0.2, 0.25) is 5.91 Å². The van der Waals surface area contributed by atoms with E-state index in [1.807, 2.05) is 35.2 Å². The Morgan fingerprint density at radius 2 is 1.83 bits per heavy atom. The van der Waals surface area contributed by atoms with E-state index in [1.165, 1.54) is 6.39 Å². The van der Waals surface area contributed by atoms with E-state index in [0.29, 0.717) is 37.6 Å². The van der Waals surface area contributed by atoms with Crippen LogP contribution in [-0.2, 0) is 4.79 Å². The highest BCUT2D eigenvalue weighted by Crippen LogP contribution is 2.24. The second-order valence-corrected chi connectivity index (χ2v) is 5.43. The van der Waals surface area contributed by atoms with Crippen LogP contribution < -0.4 is 5.73 Å². The molecule has 0 spiro atoms. The Kier molecular flexibility index (Phi) is 4.38. The van der Waals surface area contributed by atoms with Crippen molar-refractivity contribution in [1.29, 1.82) is 0 Å². The number of oxazole rings is 1. The minimum Gasteiger partial charge on any atom is -0.443 e. The van der Waals surface area contributed by atoms with Gasteiger partial charge >= 0.3 is 0 Å². The Morgan fingerprint density at radius 3 is 2.48 bits per heavy atom. The van der Waals surface area contributed by atoms with Gasteiger partial charge in [-0.05, 0) is 0 Å². The number of rotatable bonds is 4. The van der Waals surface area contributed by atoms with Gasteiger partial charge < -0.3 is 15.1 Å². The monoisotopic (exact) mass is 314 g/mol. The predicted molar refractivity (Wildman–Crippen MR) is 83.5 cm³/mol. The number of amides is 2. The van der Waals surface area contributed by atoms with E-state index < -0.39 is 0 Å².